The third-order valence-electron chi connectivity index (χ3n) is 3.67. The van der Waals surface area contributed by atoms with Gasteiger partial charge < -0.3 is 19.5 Å². The van der Waals surface area contributed by atoms with Gasteiger partial charge in [-0.3, -0.25) is 9.59 Å². The van der Waals surface area contributed by atoms with Crippen molar-refractivity contribution in [3.63, 3.8) is 0 Å². The minimum atomic E-state index is -0.993. The Bertz CT molecular complexity index is 791. The molecule has 2 aromatic carbocycles. The Hall–Kier alpha value is -3.09. The molecule has 0 aliphatic rings. The van der Waals surface area contributed by atoms with Gasteiger partial charge in [-0.2, -0.15) is 0 Å². The second kappa shape index (κ2) is 9.56. The number of esters is 1. The lowest BCUT2D eigenvalue weighted by Gasteiger charge is -2.14. The number of rotatable bonds is 8. The van der Waals surface area contributed by atoms with Crippen LogP contribution in [0.4, 0.5) is 10.1 Å². The van der Waals surface area contributed by atoms with Gasteiger partial charge in [0.05, 0.1) is 20.1 Å². The minimum Gasteiger partial charge on any atom is -0.494 e. The van der Waals surface area contributed by atoms with Crippen LogP contribution in [0, 0.1) is 5.82 Å². The molecule has 0 saturated heterocycles. The first-order valence-corrected chi connectivity index (χ1v) is 8.48. The predicted octanol–water partition coefficient (Wildman–Crippen LogP) is 3.35. The van der Waals surface area contributed by atoms with Gasteiger partial charge in [0, 0.05) is 5.69 Å². The molecule has 0 radical (unpaired) electrons. The van der Waals surface area contributed by atoms with Crippen molar-refractivity contribution in [1.29, 1.82) is 0 Å². The number of hydrogen-bond acceptors (Lipinski definition) is 5. The molecule has 144 valence electrons. The van der Waals surface area contributed by atoms with E-state index >= 15 is 0 Å². The van der Waals surface area contributed by atoms with Crippen molar-refractivity contribution >= 4 is 17.6 Å². The van der Waals surface area contributed by atoms with E-state index in [2.05, 4.69) is 5.32 Å². The van der Waals surface area contributed by atoms with Crippen molar-refractivity contribution < 1.29 is 28.2 Å². The molecule has 0 heterocycles. The summed E-state index contributed by atoms with van der Waals surface area (Å²) in [5, 5.41) is 2.66. The van der Waals surface area contributed by atoms with Crippen LogP contribution in [0.25, 0.3) is 0 Å². The van der Waals surface area contributed by atoms with Crippen LogP contribution in [-0.2, 0) is 20.7 Å². The van der Waals surface area contributed by atoms with Gasteiger partial charge in [0.1, 0.15) is 5.75 Å². The number of anilines is 1. The van der Waals surface area contributed by atoms with Crippen LogP contribution in [0.1, 0.15) is 19.4 Å². The van der Waals surface area contributed by atoms with E-state index in [0.29, 0.717) is 23.6 Å². The summed E-state index contributed by atoms with van der Waals surface area (Å²) in [6.07, 6.45) is -1.14. The highest BCUT2D eigenvalue weighted by Gasteiger charge is 2.18. The first-order valence-electron chi connectivity index (χ1n) is 8.48. The molecule has 6 nitrogen and oxygen atoms in total. The monoisotopic (exact) mass is 375 g/mol. The van der Waals surface area contributed by atoms with Gasteiger partial charge in [-0.05, 0) is 55.8 Å². The number of methoxy groups -OCH3 is 1. The molecular weight excluding hydrogens is 353 g/mol. The SMILES string of the molecule is CCOc1ccc(NC(=O)[C@@H](C)OC(=O)Cc2ccc(OC)c(F)c2)cc1. The zero-order valence-electron chi connectivity index (χ0n) is 15.5. The highest BCUT2D eigenvalue weighted by molar-refractivity contribution is 5.95. The maximum absolute atomic E-state index is 13.7. The molecule has 2 rings (SSSR count). The predicted molar refractivity (Wildman–Crippen MR) is 98.5 cm³/mol. The molecule has 0 bridgehead atoms. The highest BCUT2D eigenvalue weighted by atomic mass is 19.1. The first kappa shape index (κ1) is 20.2. The van der Waals surface area contributed by atoms with Crippen LogP contribution >= 0.6 is 0 Å². The third kappa shape index (κ3) is 5.99. The van der Waals surface area contributed by atoms with Crippen molar-refractivity contribution in [2.45, 2.75) is 26.4 Å². The average molecular weight is 375 g/mol. The Balaban J connectivity index is 1.87. The van der Waals surface area contributed by atoms with Crippen LogP contribution in [-0.4, -0.2) is 31.7 Å². The van der Waals surface area contributed by atoms with Crippen molar-refractivity contribution in [1.82, 2.24) is 0 Å². The van der Waals surface area contributed by atoms with Gasteiger partial charge in [0.15, 0.2) is 17.7 Å². The smallest absolute Gasteiger partial charge is 0.311 e. The number of amides is 1. The Morgan fingerprint density at radius 2 is 1.85 bits per heavy atom. The molecule has 0 spiro atoms. The fourth-order valence-corrected chi connectivity index (χ4v) is 2.32. The molecular formula is C20H22FNO5. The minimum absolute atomic E-state index is 0.0928. The quantitative estimate of drug-likeness (QED) is 0.717. The van der Waals surface area contributed by atoms with Gasteiger partial charge >= 0.3 is 5.97 Å². The van der Waals surface area contributed by atoms with E-state index in [1.807, 2.05) is 6.92 Å². The largest absolute Gasteiger partial charge is 0.494 e. The Morgan fingerprint density at radius 1 is 1.15 bits per heavy atom. The highest BCUT2D eigenvalue weighted by Crippen LogP contribution is 2.19. The summed E-state index contributed by atoms with van der Waals surface area (Å²) < 4.78 is 28.9. The van der Waals surface area contributed by atoms with Crippen LogP contribution in [0.2, 0.25) is 0 Å². The molecule has 2 aromatic rings. The zero-order chi connectivity index (χ0) is 19.8. The Kier molecular flexibility index (Phi) is 7.16. The summed E-state index contributed by atoms with van der Waals surface area (Å²) in [5.74, 6) is -0.872. The fraction of sp³-hybridized carbons (Fsp3) is 0.300. The maximum atomic E-state index is 13.7. The molecule has 0 saturated carbocycles. The van der Waals surface area contributed by atoms with Crippen molar-refractivity contribution in [3.8, 4) is 11.5 Å². The Morgan fingerprint density at radius 3 is 2.44 bits per heavy atom. The number of carbonyl (C=O) groups excluding carboxylic acids is 2. The number of hydrogen-bond donors (Lipinski definition) is 1. The van der Waals surface area contributed by atoms with Crippen LogP contribution in [0.3, 0.4) is 0 Å². The lowest BCUT2D eigenvalue weighted by atomic mass is 10.1. The second-order valence-corrected chi connectivity index (χ2v) is 5.72. The number of carbonyl (C=O) groups is 2. The van der Waals surface area contributed by atoms with Gasteiger partial charge in [-0.15, -0.1) is 0 Å². The van der Waals surface area contributed by atoms with Gasteiger partial charge in [-0.1, -0.05) is 6.07 Å². The molecule has 0 aromatic heterocycles. The fourth-order valence-electron chi connectivity index (χ4n) is 2.32. The van der Waals surface area contributed by atoms with E-state index in [9.17, 15) is 14.0 Å². The average Bonchev–Trinajstić information content (AvgIpc) is 2.63. The van der Waals surface area contributed by atoms with Crippen LogP contribution in [0.15, 0.2) is 42.5 Å². The molecule has 0 aliphatic carbocycles. The van der Waals surface area contributed by atoms with Crippen molar-refractivity contribution in [2.75, 3.05) is 19.0 Å². The summed E-state index contributed by atoms with van der Waals surface area (Å²) in [6.45, 7) is 3.90. The molecule has 0 aliphatic heterocycles. The lowest BCUT2D eigenvalue weighted by Crippen LogP contribution is -2.30. The van der Waals surface area contributed by atoms with E-state index in [0.717, 1.165) is 0 Å². The molecule has 1 atom stereocenters. The van der Waals surface area contributed by atoms with E-state index in [4.69, 9.17) is 14.2 Å². The molecule has 0 unspecified atom stereocenters. The van der Waals surface area contributed by atoms with E-state index in [1.165, 1.54) is 26.2 Å². The van der Waals surface area contributed by atoms with Crippen molar-refractivity contribution in [2.24, 2.45) is 0 Å². The molecule has 1 N–H and O–H groups in total. The van der Waals surface area contributed by atoms with Gasteiger partial charge in [-0.25, -0.2) is 4.39 Å². The number of benzene rings is 2. The van der Waals surface area contributed by atoms with Crippen molar-refractivity contribution in [3.05, 3.63) is 53.8 Å². The summed E-state index contributed by atoms with van der Waals surface area (Å²) in [5.41, 5.74) is 0.987. The normalized spacial score (nSPS) is 11.4. The standard InChI is InChI=1S/C20H22FNO5/c1-4-26-16-8-6-15(7-9-16)22-20(24)13(2)27-19(23)12-14-5-10-18(25-3)17(21)11-14/h5-11,13H,4,12H2,1-3H3,(H,22,24)/t13-/m1/s1. The van der Waals surface area contributed by atoms with E-state index < -0.39 is 23.8 Å². The van der Waals surface area contributed by atoms with Crippen LogP contribution in [0.5, 0.6) is 11.5 Å². The zero-order valence-corrected chi connectivity index (χ0v) is 15.5. The second-order valence-electron chi connectivity index (χ2n) is 5.72. The summed E-state index contributed by atoms with van der Waals surface area (Å²) >= 11 is 0. The summed E-state index contributed by atoms with van der Waals surface area (Å²) in [7, 11) is 1.36. The molecule has 1 amide bonds. The Labute approximate surface area is 157 Å². The summed E-state index contributed by atoms with van der Waals surface area (Å²) in [4.78, 5) is 24.1. The number of halogens is 1. The maximum Gasteiger partial charge on any atom is 0.311 e. The third-order valence-corrected chi connectivity index (χ3v) is 3.67. The van der Waals surface area contributed by atoms with Gasteiger partial charge in [0.2, 0.25) is 0 Å². The topological polar surface area (TPSA) is 73.9 Å². The summed E-state index contributed by atoms with van der Waals surface area (Å²) in [6, 6.07) is 11.0. The number of nitrogens with one attached hydrogen (secondary N) is 1. The first-order chi connectivity index (χ1) is 12.9. The lowest BCUT2D eigenvalue weighted by molar-refractivity contribution is -0.152. The molecule has 0 fully saturated rings. The molecule has 27 heavy (non-hydrogen) atoms. The van der Waals surface area contributed by atoms with Gasteiger partial charge in [0.25, 0.3) is 5.91 Å². The van der Waals surface area contributed by atoms with Crippen LogP contribution < -0.4 is 14.8 Å². The van der Waals surface area contributed by atoms with E-state index in [1.54, 1.807) is 30.3 Å². The number of ether oxygens (including phenoxy) is 3. The molecule has 7 heteroatoms. The van der Waals surface area contributed by atoms with E-state index in [-0.39, 0.29) is 12.2 Å².